The van der Waals surface area contributed by atoms with Gasteiger partial charge < -0.3 is 5.43 Å². The van der Waals surface area contributed by atoms with E-state index in [0.717, 1.165) is 28.1 Å². The molecule has 0 atom stereocenters. The number of nitrogens with zero attached hydrogens (tertiary/aromatic N) is 2. The van der Waals surface area contributed by atoms with E-state index in [1.165, 1.54) is 32.1 Å². The molecule has 1 N–H and O–H groups in total. The largest absolute Gasteiger partial charge is 0.323 e. The minimum absolute atomic E-state index is 0.773. The van der Waals surface area contributed by atoms with Crippen molar-refractivity contribution >= 4 is 23.3 Å². The summed E-state index contributed by atoms with van der Waals surface area (Å²) in [5, 5.41) is 1.12. The fourth-order valence-electron chi connectivity index (χ4n) is 2.83. The Morgan fingerprint density at radius 3 is 2.89 bits per heavy atom. The van der Waals surface area contributed by atoms with Gasteiger partial charge in [-0.3, -0.25) is 0 Å². The van der Waals surface area contributed by atoms with Crippen molar-refractivity contribution in [3.8, 4) is 0 Å². The van der Waals surface area contributed by atoms with Gasteiger partial charge in [-0.15, -0.1) is 0 Å². The Morgan fingerprint density at radius 2 is 2.05 bits per heavy atom. The minimum atomic E-state index is 0.773. The number of fused-ring (bicyclic) bond motifs is 1. The van der Waals surface area contributed by atoms with E-state index in [-0.39, 0.29) is 0 Å². The highest BCUT2D eigenvalue weighted by Gasteiger charge is 2.13. The molecule has 2 heterocycles. The standard InChI is InChI=1S/C15H19N3S/c19-14-9-8-13-7-4-10-16-15(13)18(14)17-11-12-5-2-1-3-6-12/h4,7-10,12,17H,1-3,5-6,11H2. The van der Waals surface area contributed by atoms with E-state index in [1.807, 2.05) is 29.1 Å². The van der Waals surface area contributed by atoms with Crippen LogP contribution in [0, 0.1) is 10.6 Å². The van der Waals surface area contributed by atoms with Crippen molar-refractivity contribution in [2.75, 3.05) is 12.0 Å². The SMILES string of the molecule is S=c1ccc2cccnc2n1NCC1CCCCC1. The highest BCUT2D eigenvalue weighted by molar-refractivity contribution is 7.71. The summed E-state index contributed by atoms with van der Waals surface area (Å²) < 4.78 is 2.75. The Hall–Kier alpha value is -1.42. The van der Waals surface area contributed by atoms with Gasteiger partial charge in [-0.2, -0.15) is 0 Å². The number of hydrogen-bond acceptors (Lipinski definition) is 3. The van der Waals surface area contributed by atoms with Crippen LogP contribution in [0.1, 0.15) is 32.1 Å². The molecule has 2 aromatic heterocycles. The van der Waals surface area contributed by atoms with E-state index in [1.54, 1.807) is 0 Å². The van der Waals surface area contributed by atoms with Crippen molar-refractivity contribution in [2.45, 2.75) is 32.1 Å². The Kier molecular flexibility index (Phi) is 3.78. The zero-order chi connectivity index (χ0) is 13.1. The molecule has 4 heteroatoms. The number of rotatable bonds is 3. The van der Waals surface area contributed by atoms with E-state index in [0.29, 0.717) is 0 Å². The van der Waals surface area contributed by atoms with Gasteiger partial charge in [-0.25, -0.2) is 9.66 Å². The molecule has 0 radical (unpaired) electrons. The van der Waals surface area contributed by atoms with Gasteiger partial charge in [-0.05, 0) is 43.0 Å². The second-order valence-corrected chi connectivity index (χ2v) is 5.71. The molecular formula is C15H19N3S. The molecule has 0 aromatic carbocycles. The van der Waals surface area contributed by atoms with E-state index in [4.69, 9.17) is 12.2 Å². The molecule has 0 aliphatic heterocycles. The molecule has 19 heavy (non-hydrogen) atoms. The van der Waals surface area contributed by atoms with Crippen LogP contribution in [0.25, 0.3) is 11.0 Å². The average molecular weight is 273 g/mol. The lowest BCUT2D eigenvalue weighted by Crippen LogP contribution is -2.25. The molecule has 0 amide bonds. The Morgan fingerprint density at radius 1 is 1.21 bits per heavy atom. The van der Waals surface area contributed by atoms with Gasteiger partial charge in [0.2, 0.25) is 0 Å². The van der Waals surface area contributed by atoms with Gasteiger partial charge in [0.25, 0.3) is 0 Å². The lowest BCUT2D eigenvalue weighted by atomic mass is 9.89. The number of aromatic nitrogens is 2. The molecular weight excluding hydrogens is 254 g/mol. The molecule has 1 fully saturated rings. The fourth-order valence-corrected chi connectivity index (χ4v) is 3.05. The molecule has 0 saturated heterocycles. The van der Waals surface area contributed by atoms with Crippen molar-refractivity contribution in [2.24, 2.45) is 5.92 Å². The smallest absolute Gasteiger partial charge is 0.159 e. The number of pyridine rings is 2. The van der Waals surface area contributed by atoms with Crippen LogP contribution < -0.4 is 5.43 Å². The average Bonchev–Trinajstić information content (AvgIpc) is 2.47. The van der Waals surface area contributed by atoms with Crippen molar-refractivity contribution in [3.05, 3.63) is 35.1 Å². The molecule has 1 aliphatic rings. The van der Waals surface area contributed by atoms with Crippen molar-refractivity contribution in [1.29, 1.82) is 0 Å². The second kappa shape index (κ2) is 5.70. The van der Waals surface area contributed by atoms with Gasteiger partial charge in [-0.1, -0.05) is 31.5 Å². The maximum atomic E-state index is 5.41. The maximum Gasteiger partial charge on any atom is 0.159 e. The van der Waals surface area contributed by atoms with Crippen LogP contribution in [0.2, 0.25) is 0 Å². The van der Waals surface area contributed by atoms with Crippen LogP contribution in [0.5, 0.6) is 0 Å². The lowest BCUT2D eigenvalue weighted by Gasteiger charge is -2.23. The van der Waals surface area contributed by atoms with Gasteiger partial charge in [0.1, 0.15) is 4.64 Å². The normalized spacial score (nSPS) is 16.6. The van der Waals surface area contributed by atoms with Crippen molar-refractivity contribution in [1.82, 2.24) is 9.66 Å². The third kappa shape index (κ3) is 2.78. The minimum Gasteiger partial charge on any atom is -0.323 e. The molecule has 3 rings (SSSR count). The molecule has 3 nitrogen and oxygen atoms in total. The van der Waals surface area contributed by atoms with Crippen LogP contribution >= 0.6 is 12.2 Å². The first kappa shape index (κ1) is 12.6. The molecule has 1 saturated carbocycles. The summed E-state index contributed by atoms with van der Waals surface area (Å²) in [5.74, 6) is 0.773. The molecule has 2 aromatic rings. The quantitative estimate of drug-likeness (QED) is 0.860. The fraction of sp³-hybridized carbons (Fsp3) is 0.467. The Bertz CT molecular complexity index is 614. The summed E-state index contributed by atoms with van der Waals surface area (Å²) in [6.07, 6.45) is 8.61. The highest BCUT2D eigenvalue weighted by atomic mass is 32.1. The molecule has 0 bridgehead atoms. The Labute approximate surface area is 118 Å². The zero-order valence-corrected chi connectivity index (χ0v) is 11.8. The topological polar surface area (TPSA) is 29.9 Å². The van der Waals surface area contributed by atoms with E-state index in [2.05, 4.69) is 16.5 Å². The third-order valence-electron chi connectivity index (χ3n) is 3.92. The predicted molar refractivity (Wildman–Crippen MR) is 81.4 cm³/mol. The Balaban J connectivity index is 1.83. The zero-order valence-electron chi connectivity index (χ0n) is 11.0. The summed E-state index contributed by atoms with van der Waals surface area (Å²) in [7, 11) is 0. The van der Waals surface area contributed by atoms with E-state index < -0.39 is 0 Å². The monoisotopic (exact) mass is 273 g/mol. The summed E-state index contributed by atoms with van der Waals surface area (Å²) in [4.78, 5) is 4.44. The maximum absolute atomic E-state index is 5.41. The van der Waals surface area contributed by atoms with Crippen molar-refractivity contribution < 1.29 is 0 Å². The first-order chi connectivity index (χ1) is 9.34. The summed E-state index contributed by atoms with van der Waals surface area (Å²) in [5.41, 5.74) is 4.40. The first-order valence-corrected chi connectivity index (χ1v) is 7.46. The van der Waals surface area contributed by atoms with Crippen LogP contribution in [-0.4, -0.2) is 16.2 Å². The first-order valence-electron chi connectivity index (χ1n) is 7.05. The van der Waals surface area contributed by atoms with E-state index >= 15 is 0 Å². The van der Waals surface area contributed by atoms with Crippen LogP contribution in [0.3, 0.4) is 0 Å². The molecule has 100 valence electrons. The van der Waals surface area contributed by atoms with Crippen molar-refractivity contribution in [3.63, 3.8) is 0 Å². The number of nitrogens with one attached hydrogen (secondary N) is 1. The van der Waals surface area contributed by atoms with Crippen LogP contribution in [-0.2, 0) is 0 Å². The molecule has 0 unspecified atom stereocenters. The van der Waals surface area contributed by atoms with Gasteiger partial charge >= 0.3 is 0 Å². The third-order valence-corrected chi connectivity index (χ3v) is 4.24. The van der Waals surface area contributed by atoms with Crippen LogP contribution in [0.15, 0.2) is 30.5 Å². The van der Waals surface area contributed by atoms with Gasteiger partial charge in [0.05, 0.1) is 0 Å². The summed E-state index contributed by atoms with van der Waals surface area (Å²) in [6, 6.07) is 8.02. The van der Waals surface area contributed by atoms with E-state index in [9.17, 15) is 0 Å². The number of hydrogen-bond donors (Lipinski definition) is 1. The van der Waals surface area contributed by atoms with Gasteiger partial charge in [0, 0.05) is 18.1 Å². The molecule has 0 spiro atoms. The summed E-state index contributed by atoms with van der Waals surface area (Å²) in [6.45, 7) is 0.990. The predicted octanol–water partition coefficient (Wildman–Crippen LogP) is 3.89. The molecule has 1 aliphatic carbocycles. The second-order valence-electron chi connectivity index (χ2n) is 5.29. The van der Waals surface area contributed by atoms with Gasteiger partial charge in [0.15, 0.2) is 5.65 Å². The van der Waals surface area contributed by atoms with Crippen LogP contribution in [0.4, 0.5) is 0 Å². The lowest BCUT2D eigenvalue weighted by molar-refractivity contribution is 0.366. The summed E-state index contributed by atoms with van der Waals surface area (Å²) >= 11 is 5.41. The highest BCUT2D eigenvalue weighted by Crippen LogP contribution is 2.23.